The SMILES string of the molecule is CC1=CC[C@H](C(=O)Cl)CC1.COC(=O)c1sc(C#CC(C)(C)C)cc1N(C(=O)[C@H]1CC=C(C)CC1)C1CCC2(CC1)OCCO2.COC(=O)c1sc(C#CC(C)(C)C)cc1NC1CCC2(CC1)OCCO2. The minimum Gasteiger partial charge on any atom is -0.465 e. The zero-order valence-corrected chi connectivity index (χ0v) is 46.0. The Morgan fingerprint density at radius 1 is 0.676 bits per heavy atom. The number of amides is 1. The second kappa shape index (κ2) is 24.8. The Balaban J connectivity index is 0.000000200. The molecule has 2 saturated carbocycles. The maximum absolute atomic E-state index is 14.1. The van der Waals surface area contributed by atoms with Gasteiger partial charge in [0, 0.05) is 60.4 Å². The Labute approximate surface area is 435 Å². The van der Waals surface area contributed by atoms with E-state index in [2.05, 4.69) is 96.5 Å². The molecule has 0 unspecified atom stereocenters. The van der Waals surface area contributed by atoms with Crippen LogP contribution in [0.15, 0.2) is 35.4 Å². The van der Waals surface area contributed by atoms with Crippen molar-refractivity contribution in [2.24, 2.45) is 22.7 Å². The highest BCUT2D eigenvalue weighted by molar-refractivity contribution is 7.15. The molecule has 4 aliphatic carbocycles. The van der Waals surface area contributed by atoms with Crippen LogP contribution < -0.4 is 10.2 Å². The fourth-order valence-electron chi connectivity index (χ4n) is 9.51. The van der Waals surface area contributed by atoms with Crippen molar-refractivity contribution >= 4 is 68.7 Å². The summed E-state index contributed by atoms with van der Waals surface area (Å²) in [5.41, 5.74) is 3.91. The molecule has 2 aromatic rings. The molecule has 2 aliphatic heterocycles. The van der Waals surface area contributed by atoms with Crippen molar-refractivity contribution < 1.29 is 47.6 Å². The standard InChI is InChI=1S/C28H37NO5S.C20H27NO4S.C8H11ClO/c1-19-6-8-20(9-7-19)25(30)29(21-10-14-28(15-11-21)33-16-17-34-28)23-18-22(12-13-27(2,3)4)35-24(23)26(31)32-5;1-19(2,3)8-7-15-13-16(17(26-15)18(22)23-4)21-14-5-9-20(10-6-14)24-11-12-25-20;1-6-2-4-7(5-3-6)8(9)10/h6,18,20-21H,7-11,14-17H2,1-5H3;13-14,21H,5-6,9-12H2,1-4H3;2,7H,3-5H2,1H3/t20-;;7-/m0.0/s1. The van der Waals surface area contributed by atoms with Gasteiger partial charge in [-0.2, -0.15) is 0 Å². The topological polar surface area (TPSA) is 139 Å². The molecule has 388 valence electrons. The van der Waals surface area contributed by atoms with Crippen molar-refractivity contribution in [2.75, 3.05) is 50.9 Å². The Morgan fingerprint density at radius 2 is 1.13 bits per heavy atom. The molecule has 0 bridgehead atoms. The second-order valence-corrected chi connectivity index (χ2v) is 24.1. The van der Waals surface area contributed by atoms with E-state index in [1.807, 2.05) is 17.0 Å². The fourth-order valence-corrected chi connectivity index (χ4v) is 11.5. The number of esters is 2. The van der Waals surface area contributed by atoms with Gasteiger partial charge in [0.15, 0.2) is 11.6 Å². The number of hydrogen-bond acceptors (Lipinski definition) is 13. The smallest absolute Gasteiger partial charge is 0.350 e. The van der Waals surface area contributed by atoms with E-state index in [4.69, 9.17) is 40.0 Å². The number of carbonyl (C=O) groups is 4. The monoisotopic (exact) mass is 1030 g/mol. The van der Waals surface area contributed by atoms with Gasteiger partial charge in [-0.05, 0) is 143 Å². The summed E-state index contributed by atoms with van der Waals surface area (Å²) in [5, 5.41) is 3.34. The summed E-state index contributed by atoms with van der Waals surface area (Å²) in [4.78, 5) is 54.2. The van der Waals surface area contributed by atoms with Crippen LogP contribution in [0.2, 0.25) is 0 Å². The molecule has 6 aliphatic rings. The first-order chi connectivity index (χ1) is 33.6. The van der Waals surface area contributed by atoms with Crippen molar-refractivity contribution in [3.63, 3.8) is 0 Å². The maximum atomic E-state index is 14.1. The quantitative estimate of drug-likeness (QED) is 0.117. The normalized spacial score (nSPS) is 22.7. The molecular formula is C56H75ClN2O10S2. The number of carbonyl (C=O) groups excluding carboxylic acids is 4. The molecule has 0 radical (unpaired) electrons. The van der Waals surface area contributed by atoms with Gasteiger partial charge >= 0.3 is 11.9 Å². The van der Waals surface area contributed by atoms with Gasteiger partial charge in [-0.3, -0.25) is 9.59 Å². The number of rotatable bonds is 8. The molecule has 71 heavy (non-hydrogen) atoms. The number of nitrogens with zero attached hydrogens (tertiary/aromatic N) is 1. The predicted octanol–water partition coefficient (Wildman–Crippen LogP) is 12.2. The van der Waals surface area contributed by atoms with Gasteiger partial charge in [0.05, 0.1) is 61.8 Å². The highest BCUT2D eigenvalue weighted by Gasteiger charge is 2.45. The summed E-state index contributed by atoms with van der Waals surface area (Å²) < 4.78 is 33.5. The molecule has 2 spiro atoms. The molecule has 2 saturated heterocycles. The first-order valence-electron chi connectivity index (χ1n) is 25.3. The van der Waals surface area contributed by atoms with E-state index in [-0.39, 0.29) is 57.7 Å². The van der Waals surface area contributed by atoms with Crippen molar-refractivity contribution in [3.05, 3.63) is 54.9 Å². The first kappa shape index (κ1) is 56.3. The lowest BCUT2D eigenvalue weighted by Gasteiger charge is -2.41. The molecule has 2 atom stereocenters. The third-order valence-corrected chi connectivity index (χ3v) is 15.9. The number of anilines is 2. The minimum absolute atomic E-state index is 0.0330. The number of ether oxygens (including phenoxy) is 6. The molecule has 1 N–H and O–H groups in total. The molecule has 12 nitrogen and oxygen atoms in total. The predicted molar refractivity (Wildman–Crippen MR) is 282 cm³/mol. The van der Waals surface area contributed by atoms with Crippen molar-refractivity contribution in [1.29, 1.82) is 0 Å². The summed E-state index contributed by atoms with van der Waals surface area (Å²) in [6.07, 6.45) is 16.2. The van der Waals surface area contributed by atoms with Gasteiger partial charge in [0.2, 0.25) is 11.1 Å². The lowest BCUT2D eigenvalue weighted by molar-refractivity contribution is -0.179. The van der Waals surface area contributed by atoms with Gasteiger partial charge in [0.1, 0.15) is 9.75 Å². The van der Waals surface area contributed by atoms with Crippen LogP contribution in [0, 0.1) is 46.3 Å². The average Bonchev–Trinajstić information content (AvgIpc) is 4.17. The molecule has 4 fully saturated rings. The van der Waals surface area contributed by atoms with Gasteiger partial charge in [-0.25, -0.2) is 9.59 Å². The van der Waals surface area contributed by atoms with E-state index in [0.29, 0.717) is 41.9 Å². The first-order valence-corrected chi connectivity index (χ1v) is 27.3. The van der Waals surface area contributed by atoms with Gasteiger partial charge in [-0.15, -0.1) is 22.7 Å². The van der Waals surface area contributed by atoms with Crippen molar-refractivity contribution in [3.8, 4) is 23.7 Å². The lowest BCUT2D eigenvalue weighted by atomic mass is 9.85. The van der Waals surface area contributed by atoms with Crippen LogP contribution in [-0.4, -0.2) is 87.4 Å². The van der Waals surface area contributed by atoms with Crippen molar-refractivity contribution in [1.82, 2.24) is 0 Å². The van der Waals surface area contributed by atoms with Gasteiger partial charge in [-0.1, -0.05) is 47.0 Å². The fraction of sp³-hybridized carbons (Fsp3) is 0.643. The van der Waals surface area contributed by atoms with E-state index in [9.17, 15) is 19.2 Å². The summed E-state index contributed by atoms with van der Waals surface area (Å²) in [6.45, 7) is 19.2. The molecule has 1 amide bonds. The number of halogens is 1. The maximum Gasteiger partial charge on any atom is 0.350 e. The molecule has 15 heteroatoms. The summed E-state index contributed by atoms with van der Waals surface area (Å²) >= 11 is 8.02. The molecule has 8 rings (SSSR count). The largest absolute Gasteiger partial charge is 0.465 e. The molecule has 2 aromatic heterocycles. The lowest BCUT2D eigenvalue weighted by Crippen LogP contribution is -2.49. The van der Waals surface area contributed by atoms with Gasteiger partial charge in [0.25, 0.3) is 0 Å². The molecule has 4 heterocycles. The van der Waals surface area contributed by atoms with Crippen molar-refractivity contribution in [2.45, 2.75) is 169 Å². The highest BCUT2D eigenvalue weighted by Crippen LogP contribution is 2.43. The zero-order valence-electron chi connectivity index (χ0n) is 43.6. The number of hydrogen-bond donors (Lipinski definition) is 1. The van der Waals surface area contributed by atoms with Crippen LogP contribution in [0.4, 0.5) is 11.4 Å². The number of nitrogens with one attached hydrogen (secondary N) is 1. The summed E-state index contributed by atoms with van der Waals surface area (Å²) in [5.74, 6) is 11.3. The van der Waals surface area contributed by atoms with E-state index >= 15 is 0 Å². The van der Waals surface area contributed by atoms with Crippen LogP contribution in [0.5, 0.6) is 0 Å². The number of methoxy groups -OCH3 is 2. The number of thiophene rings is 2. The van der Waals surface area contributed by atoms with E-state index < -0.39 is 11.8 Å². The third kappa shape index (κ3) is 16.0. The van der Waals surface area contributed by atoms with Gasteiger partial charge < -0.3 is 38.6 Å². The number of allylic oxidation sites excluding steroid dienone is 4. The Hall–Kier alpha value is -3.99. The molecule has 0 aromatic carbocycles. The summed E-state index contributed by atoms with van der Waals surface area (Å²) in [6, 6.07) is 4.12. The van der Waals surface area contributed by atoms with E-state index in [0.717, 1.165) is 105 Å². The van der Waals surface area contributed by atoms with Crippen LogP contribution in [0.25, 0.3) is 0 Å². The third-order valence-electron chi connectivity index (χ3n) is 13.6. The Morgan fingerprint density at radius 3 is 1.58 bits per heavy atom. The van der Waals surface area contributed by atoms with Crippen LogP contribution in [0.1, 0.15) is 174 Å². The Bertz CT molecular complexity index is 2380. The van der Waals surface area contributed by atoms with E-state index in [1.165, 1.54) is 48.0 Å². The Kier molecular flexibility index (Phi) is 19.7. The zero-order chi connectivity index (χ0) is 51.6. The minimum atomic E-state index is -0.515. The van der Waals surface area contributed by atoms with Crippen LogP contribution in [-0.2, 0) is 38.0 Å². The van der Waals surface area contributed by atoms with E-state index in [1.54, 1.807) is 0 Å². The average molecular weight is 1040 g/mol. The van der Waals surface area contributed by atoms with Crippen LogP contribution >= 0.6 is 34.3 Å². The highest BCUT2D eigenvalue weighted by atomic mass is 35.5. The van der Waals surface area contributed by atoms with Crippen LogP contribution in [0.3, 0.4) is 0 Å². The second-order valence-electron chi connectivity index (χ2n) is 21.6. The summed E-state index contributed by atoms with van der Waals surface area (Å²) in [7, 11) is 2.79. The molecular weight excluding hydrogens is 960 g/mol.